The van der Waals surface area contributed by atoms with E-state index in [2.05, 4.69) is 21.0 Å². The fourth-order valence-electron chi connectivity index (χ4n) is 1.31. The number of aromatic nitrogens is 4. The molecule has 0 aliphatic carbocycles. The number of rotatable bonds is 4. The summed E-state index contributed by atoms with van der Waals surface area (Å²) in [5, 5.41) is 11.6. The smallest absolute Gasteiger partial charge is 0.247 e. The van der Waals surface area contributed by atoms with E-state index in [0.29, 0.717) is 5.16 Å². The van der Waals surface area contributed by atoms with E-state index in [1.54, 1.807) is 11.6 Å². The molecule has 0 spiro atoms. The molecular weight excluding hydrogens is 252 g/mol. The molecule has 7 nitrogen and oxygen atoms in total. The predicted molar refractivity (Wildman–Crippen MR) is 66.8 cm³/mol. The number of nitrogens with zero attached hydrogens (tertiary/aromatic N) is 4. The van der Waals surface area contributed by atoms with Gasteiger partial charge in [0.2, 0.25) is 11.1 Å². The average Bonchev–Trinajstić information content (AvgIpc) is 2.86. The van der Waals surface area contributed by atoms with Crippen molar-refractivity contribution in [3.8, 4) is 5.69 Å². The van der Waals surface area contributed by atoms with Crippen LogP contribution < -0.4 is 11.3 Å². The van der Waals surface area contributed by atoms with Gasteiger partial charge in [-0.05, 0) is 29.5 Å². The lowest BCUT2D eigenvalue weighted by Crippen LogP contribution is -2.36. The molecule has 0 bridgehead atoms. The number of nitrogens with two attached hydrogens (primary N) is 1. The molecule has 2 rings (SSSR count). The molecule has 0 radical (unpaired) electrons. The third kappa shape index (κ3) is 2.66. The molecule has 18 heavy (non-hydrogen) atoms. The van der Waals surface area contributed by atoms with E-state index in [0.717, 1.165) is 5.69 Å². The third-order valence-electron chi connectivity index (χ3n) is 2.24. The molecule has 1 unspecified atom stereocenters. The first-order valence-electron chi connectivity index (χ1n) is 5.23. The fourth-order valence-corrected chi connectivity index (χ4v) is 2.13. The topological polar surface area (TPSA) is 98.7 Å². The van der Waals surface area contributed by atoms with Gasteiger partial charge >= 0.3 is 0 Å². The lowest BCUT2D eigenvalue weighted by atomic mass is 10.3. The Morgan fingerprint density at radius 2 is 2.17 bits per heavy atom. The number of tetrazole rings is 1. The summed E-state index contributed by atoms with van der Waals surface area (Å²) in [5.74, 6) is 4.80. The van der Waals surface area contributed by atoms with Crippen molar-refractivity contribution >= 4 is 17.7 Å². The number of para-hydroxylation sites is 1. The summed E-state index contributed by atoms with van der Waals surface area (Å²) < 4.78 is 1.57. The van der Waals surface area contributed by atoms with Crippen LogP contribution in [0.15, 0.2) is 35.5 Å². The number of hydrogen-bond acceptors (Lipinski definition) is 6. The van der Waals surface area contributed by atoms with Crippen LogP contribution in [0.3, 0.4) is 0 Å². The van der Waals surface area contributed by atoms with Crippen molar-refractivity contribution in [2.45, 2.75) is 17.3 Å². The van der Waals surface area contributed by atoms with Crippen LogP contribution in [0.25, 0.3) is 5.69 Å². The van der Waals surface area contributed by atoms with Crippen molar-refractivity contribution in [2.24, 2.45) is 5.84 Å². The summed E-state index contributed by atoms with van der Waals surface area (Å²) in [6, 6.07) is 9.45. The average molecular weight is 264 g/mol. The van der Waals surface area contributed by atoms with Gasteiger partial charge in [0.05, 0.1) is 10.9 Å². The minimum absolute atomic E-state index is 0.275. The van der Waals surface area contributed by atoms with Gasteiger partial charge in [0.1, 0.15) is 0 Å². The standard InChI is InChI=1S/C10H12N6OS/c1-7(9(17)12-11)18-10-13-14-15-16(10)8-5-3-2-4-6-8/h2-7H,11H2,1H3,(H,12,17). The van der Waals surface area contributed by atoms with E-state index < -0.39 is 0 Å². The molecule has 0 saturated heterocycles. The van der Waals surface area contributed by atoms with Crippen molar-refractivity contribution in [1.82, 2.24) is 25.6 Å². The first kappa shape index (κ1) is 12.5. The molecule has 1 amide bonds. The molecule has 2 aromatic rings. The molecule has 1 aromatic carbocycles. The Hall–Kier alpha value is -1.93. The molecule has 94 valence electrons. The van der Waals surface area contributed by atoms with Gasteiger partial charge in [-0.15, -0.1) is 5.10 Å². The minimum atomic E-state index is -0.372. The zero-order valence-corrected chi connectivity index (χ0v) is 10.5. The number of hydrogen-bond donors (Lipinski definition) is 2. The lowest BCUT2D eigenvalue weighted by Gasteiger charge is -2.08. The van der Waals surface area contributed by atoms with Gasteiger partial charge < -0.3 is 0 Å². The van der Waals surface area contributed by atoms with Crippen LogP contribution in [0.4, 0.5) is 0 Å². The van der Waals surface area contributed by atoms with E-state index in [9.17, 15) is 4.79 Å². The molecule has 0 saturated carbocycles. The zero-order valence-electron chi connectivity index (χ0n) is 9.65. The second kappa shape index (κ2) is 5.61. The summed E-state index contributed by atoms with van der Waals surface area (Å²) in [5.41, 5.74) is 2.94. The van der Waals surface area contributed by atoms with Crippen molar-refractivity contribution in [2.75, 3.05) is 0 Å². The van der Waals surface area contributed by atoms with Gasteiger partial charge in [-0.2, -0.15) is 4.68 Å². The number of amides is 1. The maximum absolute atomic E-state index is 11.4. The fraction of sp³-hybridized carbons (Fsp3) is 0.200. The Morgan fingerprint density at radius 3 is 2.83 bits per heavy atom. The summed E-state index contributed by atoms with van der Waals surface area (Å²) in [6.07, 6.45) is 0. The largest absolute Gasteiger partial charge is 0.293 e. The summed E-state index contributed by atoms with van der Waals surface area (Å²) in [7, 11) is 0. The molecule has 1 atom stereocenters. The number of carbonyl (C=O) groups is 1. The lowest BCUT2D eigenvalue weighted by molar-refractivity contribution is -0.120. The number of benzene rings is 1. The van der Waals surface area contributed by atoms with E-state index in [-0.39, 0.29) is 11.2 Å². The van der Waals surface area contributed by atoms with E-state index in [4.69, 9.17) is 5.84 Å². The van der Waals surface area contributed by atoms with Crippen LogP contribution in [-0.2, 0) is 4.79 Å². The molecule has 0 fully saturated rings. The number of carbonyl (C=O) groups excluding carboxylic acids is 1. The Bertz CT molecular complexity index is 528. The SMILES string of the molecule is CC(Sc1nnnn1-c1ccccc1)C(=O)NN. The number of thioether (sulfide) groups is 1. The van der Waals surface area contributed by atoms with Crippen molar-refractivity contribution in [1.29, 1.82) is 0 Å². The highest BCUT2D eigenvalue weighted by Gasteiger charge is 2.18. The minimum Gasteiger partial charge on any atom is -0.293 e. The first-order chi connectivity index (χ1) is 8.72. The van der Waals surface area contributed by atoms with Gasteiger partial charge in [0, 0.05) is 0 Å². The molecule has 0 aliphatic heterocycles. The van der Waals surface area contributed by atoms with E-state index >= 15 is 0 Å². The van der Waals surface area contributed by atoms with Gasteiger partial charge in [-0.3, -0.25) is 10.2 Å². The maximum atomic E-state index is 11.4. The van der Waals surface area contributed by atoms with Gasteiger partial charge in [-0.25, -0.2) is 5.84 Å². The Balaban J connectivity index is 2.21. The number of nitrogens with one attached hydrogen (secondary N) is 1. The van der Waals surface area contributed by atoms with Gasteiger partial charge in [0.15, 0.2) is 0 Å². The molecule has 0 aliphatic rings. The van der Waals surface area contributed by atoms with E-state index in [1.807, 2.05) is 30.3 Å². The van der Waals surface area contributed by atoms with Crippen molar-refractivity contribution in [3.05, 3.63) is 30.3 Å². The second-order valence-electron chi connectivity index (χ2n) is 3.48. The van der Waals surface area contributed by atoms with Crippen molar-refractivity contribution < 1.29 is 4.79 Å². The number of hydrazine groups is 1. The summed E-state index contributed by atoms with van der Waals surface area (Å²) in [6.45, 7) is 1.73. The zero-order chi connectivity index (χ0) is 13.0. The third-order valence-corrected chi connectivity index (χ3v) is 3.27. The molecule has 1 heterocycles. The Kier molecular flexibility index (Phi) is 3.90. The van der Waals surface area contributed by atoms with Crippen LogP contribution in [0, 0.1) is 0 Å². The van der Waals surface area contributed by atoms with Crippen LogP contribution in [0.2, 0.25) is 0 Å². The Labute approximate surface area is 108 Å². The van der Waals surface area contributed by atoms with Crippen LogP contribution in [0.5, 0.6) is 0 Å². The highest BCUT2D eigenvalue weighted by Crippen LogP contribution is 2.22. The molecular formula is C10H12N6OS. The quantitative estimate of drug-likeness (QED) is 0.352. The maximum Gasteiger partial charge on any atom is 0.247 e. The van der Waals surface area contributed by atoms with Gasteiger partial charge in [-0.1, -0.05) is 30.0 Å². The molecule has 3 N–H and O–H groups in total. The monoisotopic (exact) mass is 264 g/mol. The van der Waals surface area contributed by atoms with Crippen LogP contribution in [-0.4, -0.2) is 31.4 Å². The van der Waals surface area contributed by atoms with Crippen LogP contribution in [0.1, 0.15) is 6.92 Å². The summed E-state index contributed by atoms with van der Waals surface area (Å²) in [4.78, 5) is 11.4. The highest BCUT2D eigenvalue weighted by molar-refractivity contribution is 8.00. The molecule has 8 heteroatoms. The van der Waals surface area contributed by atoms with E-state index in [1.165, 1.54) is 11.8 Å². The van der Waals surface area contributed by atoms with Crippen molar-refractivity contribution in [3.63, 3.8) is 0 Å². The molecule has 1 aromatic heterocycles. The first-order valence-corrected chi connectivity index (χ1v) is 6.11. The Morgan fingerprint density at radius 1 is 1.44 bits per heavy atom. The van der Waals surface area contributed by atoms with Gasteiger partial charge in [0.25, 0.3) is 0 Å². The second-order valence-corrected chi connectivity index (χ2v) is 4.79. The summed E-state index contributed by atoms with van der Waals surface area (Å²) >= 11 is 1.24. The highest BCUT2D eigenvalue weighted by atomic mass is 32.2. The predicted octanol–water partition coefficient (Wildman–Crippen LogP) is 0.133. The van der Waals surface area contributed by atoms with Crippen LogP contribution >= 0.6 is 11.8 Å². The normalized spacial score (nSPS) is 12.1.